The Morgan fingerprint density at radius 1 is 1.11 bits per heavy atom. The van der Waals surface area contributed by atoms with Gasteiger partial charge in [-0.25, -0.2) is 4.79 Å². The number of carboxylic acid groups (broad SMARTS) is 1. The highest BCUT2D eigenvalue weighted by molar-refractivity contribution is 6.06. The topological polar surface area (TPSA) is 119 Å². The average Bonchev–Trinajstić information content (AvgIpc) is 3.23. The van der Waals surface area contributed by atoms with Gasteiger partial charge in [0.15, 0.2) is 0 Å². The van der Waals surface area contributed by atoms with Crippen LogP contribution in [0.5, 0.6) is 0 Å². The van der Waals surface area contributed by atoms with E-state index < -0.39 is 11.9 Å². The molecule has 1 aromatic carbocycles. The van der Waals surface area contributed by atoms with E-state index in [4.69, 9.17) is 5.73 Å². The number of primary amides is 1. The minimum absolute atomic E-state index is 0.0180. The Morgan fingerprint density at radius 2 is 1.89 bits per heavy atom. The van der Waals surface area contributed by atoms with Crippen molar-refractivity contribution in [2.24, 2.45) is 5.73 Å². The van der Waals surface area contributed by atoms with E-state index in [1.54, 1.807) is 27.8 Å². The number of nitrogens with zero attached hydrogens (tertiary/aromatic N) is 3. The zero-order chi connectivity index (χ0) is 19.1. The Balaban J connectivity index is 1.61. The fourth-order valence-electron chi connectivity index (χ4n) is 3.47. The maximum atomic E-state index is 12.8. The van der Waals surface area contributed by atoms with Crippen molar-refractivity contribution in [1.29, 1.82) is 0 Å². The van der Waals surface area contributed by atoms with Crippen LogP contribution in [0.1, 0.15) is 32.0 Å². The molecule has 27 heavy (non-hydrogen) atoms. The molecule has 0 fully saturated rings. The molecule has 0 atom stereocenters. The van der Waals surface area contributed by atoms with Gasteiger partial charge in [0.05, 0.1) is 23.4 Å². The van der Waals surface area contributed by atoms with Crippen molar-refractivity contribution in [3.8, 4) is 0 Å². The first-order chi connectivity index (χ1) is 13.0. The van der Waals surface area contributed by atoms with E-state index in [9.17, 15) is 19.5 Å². The van der Waals surface area contributed by atoms with Crippen LogP contribution in [-0.2, 0) is 24.4 Å². The van der Waals surface area contributed by atoms with Gasteiger partial charge in [-0.3, -0.25) is 14.6 Å². The molecule has 0 saturated carbocycles. The lowest BCUT2D eigenvalue weighted by Crippen LogP contribution is -2.29. The summed E-state index contributed by atoms with van der Waals surface area (Å²) < 4.78 is 1.69. The molecule has 3 N–H and O–H groups in total. The van der Waals surface area contributed by atoms with Crippen LogP contribution in [0.2, 0.25) is 0 Å². The number of para-hydroxylation sites is 1. The maximum absolute atomic E-state index is 12.8. The highest BCUT2D eigenvalue weighted by atomic mass is 16.4. The zero-order valence-electron chi connectivity index (χ0n) is 14.3. The summed E-state index contributed by atoms with van der Waals surface area (Å²) in [5, 5.41) is 10.00. The van der Waals surface area contributed by atoms with Crippen LogP contribution in [0.25, 0.3) is 10.9 Å². The van der Waals surface area contributed by atoms with E-state index in [-0.39, 0.29) is 31.1 Å². The fraction of sp³-hybridized carbons (Fsp3) is 0.158. The number of aromatic carboxylic acids is 1. The Kier molecular flexibility index (Phi) is 3.88. The molecule has 136 valence electrons. The smallest absolute Gasteiger partial charge is 0.336 e. The second kappa shape index (κ2) is 6.24. The normalized spacial score (nSPS) is 13.0. The van der Waals surface area contributed by atoms with Gasteiger partial charge < -0.3 is 20.3 Å². The van der Waals surface area contributed by atoms with Gasteiger partial charge in [0.2, 0.25) is 5.91 Å². The van der Waals surface area contributed by atoms with Gasteiger partial charge in [0.25, 0.3) is 5.91 Å². The second-order valence-electron chi connectivity index (χ2n) is 6.39. The van der Waals surface area contributed by atoms with Crippen LogP contribution < -0.4 is 5.73 Å². The molecule has 4 rings (SSSR count). The SMILES string of the molecule is NC(=O)c1cn(CC(=O)N2Cc3nccc(C(=O)O)c3C2)c2ccccc12. The van der Waals surface area contributed by atoms with Gasteiger partial charge in [-0.2, -0.15) is 0 Å². The summed E-state index contributed by atoms with van der Waals surface area (Å²) in [4.78, 5) is 41.6. The van der Waals surface area contributed by atoms with Crippen molar-refractivity contribution in [3.63, 3.8) is 0 Å². The molecule has 1 aliphatic rings. The standard InChI is InChI=1S/C19H16N4O4/c20-18(25)14-8-22(16-4-2-1-3-11(14)16)10-17(24)23-7-13-12(19(26)27)5-6-21-15(13)9-23/h1-6,8H,7,9-10H2,(H2,20,25)(H,26,27). The largest absolute Gasteiger partial charge is 0.478 e. The zero-order valence-corrected chi connectivity index (χ0v) is 14.3. The molecule has 3 aromatic rings. The van der Waals surface area contributed by atoms with Crippen molar-refractivity contribution < 1.29 is 19.5 Å². The number of amides is 2. The number of fused-ring (bicyclic) bond motifs is 2. The van der Waals surface area contributed by atoms with E-state index in [1.165, 1.54) is 12.3 Å². The number of carbonyl (C=O) groups is 3. The van der Waals surface area contributed by atoms with Crippen molar-refractivity contribution >= 4 is 28.7 Å². The molecule has 8 heteroatoms. The third-order valence-electron chi connectivity index (χ3n) is 4.78. The Morgan fingerprint density at radius 3 is 2.63 bits per heavy atom. The first-order valence-electron chi connectivity index (χ1n) is 8.31. The summed E-state index contributed by atoms with van der Waals surface area (Å²) in [6.07, 6.45) is 3.02. The van der Waals surface area contributed by atoms with Crippen LogP contribution >= 0.6 is 0 Å². The Hall–Kier alpha value is -3.68. The number of hydrogen-bond acceptors (Lipinski definition) is 4. The van der Waals surface area contributed by atoms with Crippen LogP contribution in [-0.4, -0.2) is 37.3 Å². The predicted octanol–water partition coefficient (Wildman–Crippen LogP) is 1.38. The molecule has 0 bridgehead atoms. The van der Waals surface area contributed by atoms with E-state index in [0.29, 0.717) is 22.2 Å². The summed E-state index contributed by atoms with van der Waals surface area (Å²) in [5.74, 6) is -1.78. The molecule has 0 aliphatic carbocycles. The molecule has 2 amide bonds. The Bertz CT molecular complexity index is 1100. The minimum Gasteiger partial charge on any atom is -0.478 e. The molecular formula is C19H16N4O4. The van der Waals surface area contributed by atoms with Gasteiger partial charge in [-0.1, -0.05) is 18.2 Å². The van der Waals surface area contributed by atoms with Gasteiger partial charge in [-0.05, 0) is 12.1 Å². The summed E-state index contributed by atoms with van der Waals surface area (Å²) in [7, 11) is 0. The molecular weight excluding hydrogens is 348 g/mol. The molecule has 0 spiro atoms. The van der Waals surface area contributed by atoms with Crippen molar-refractivity contribution in [2.75, 3.05) is 0 Å². The van der Waals surface area contributed by atoms with Gasteiger partial charge >= 0.3 is 5.97 Å². The van der Waals surface area contributed by atoms with Crippen LogP contribution in [0.3, 0.4) is 0 Å². The number of pyridine rings is 1. The lowest BCUT2D eigenvalue weighted by Gasteiger charge is -2.16. The van der Waals surface area contributed by atoms with E-state index in [0.717, 1.165) is 5.52 Å². The number of benzene rings is 1. The van der Waals surface area contributed by atoms with Crippen molar-refractivity contribution in [2.45, 2.75) is 19.6 Å². The number of hydrogen-bond donors (Lipinski definition) is 2. The molecule has 3 heterocycles. The van der Waals surface area contributed by atoms with Crippen molar-refractivity contribution in [1.82, 2.24) is 14.5 Å². The third-order valence-corrected chi connectivity index (χ3v) is 4.78. The first-order valence-corrected chi connectivity index (χ1v) is 8.31. The first kappa shape index (κ1) is 16.8. The van der Waals surface area contributed by atoms with Gasteiger partial charge in [-0.15, -0.1) is 0 Å². The summed E-state index contributed by atoms with van der Waals surface area (Å²) in [6, 6.07) is 8.66. The quantitative estimate of drug-likeness (QED) is 0.725. The summed E-state index contributed by atoms with van der Waals surface area (Å²) >= 11 is 0. The third kappa shape index (κ3) is 2.80. The number of nitrogens with two attached hydrogens (primary N) is 1. The van der Waals surface area contributed by atoms with Gasteiger partial charge in [0, 0.05) is 35.4 Å². The van der Waals surface area contributed by atoms with E-state index in [1.807, 2.05) is 12.1 Å². The molecule has 1 aliphatic heterocycles. The fourth-order valence-corrected chi connectivity index (χ4v) is 3.47. The van der Waals surface area contributed by atoms with Crippen LogP contribution in [0, 0.1) is 0 Å². The number of rotatable bonds is 4. The second-order valence-corrected chi connectivity index (χ2v) is 6.39. The highest BCUT2D eigenvalue weighted by Crippen LogP contribution is 2.26. The molecule has 0 saturated heterocycles. The Labute approximate surface area is 153 Å². The maximum Gasteiger partial charge on any atom is 0.336 e. The van der Waals surface area contributed by atoms with E-state index in [2.05, 4.69) is 4.98 Å². The number of carbonyl (C=O) groups excluding carboxylic acids is 2. The average molecular weight is 364 g/mol. The van der Waals surface area contributed by atoms with Gasteiger partial charge in [0.1, 0.15) is 6.54 Å². The van der Waals surface area contributed by atoms with Crippen molar-refractivity contribution in [3.05, 3.63) is 65.1 Å². The lowest BCUT2D eigenvalue weighted by molar-refractivity contribution is -0.132. The predicted molar refractivity (Wildman–Crippen MR) is 95.9 cm³/mol. The minimum atomic E-state index is -1.04. The lowest BCUT2D eigenvalue weighted by atomic mass is 10.1. The molecule has 8 nitrogen and oxygen atoms in total. The molecule has 0 unspecified atom stereocenters. The number of aromatic nitrogens is 2. The van der Waals surface area contributed by atoms with Crippen LogP contribution in [0.15, 0.2) is 42.7 Å². The summed E-state index contributed by atoms with van der Waals surface area (Å²) in [5.41, 5.74) is 7.86. The van der Waals surface area contributed by atoms with E-state index >= 15 is 0 Å². The highest BCUT2D eigenvalue weighted by Gasteiger charge is 2.28. The summed E-state index contributed by atoms with van der Waals surface area (Å²) in [6.45, 7) is 0.479. The molecule has 0 radical (unpaired) electrons. The molecule has 2 aromatic heterocycles. The number of carboxylic acids is 1. The monoisotopic (exact) mass is 364 g/mol. The van der Waals surface area contributed by atoms with Crippen LogP contribution in [0.4, 0.5) is 0 Å².